The molecule has 0 spiro atoms. The molecule has 0 saturated carbocycles. The van der Waals surface area contributed by atoms with Gasteiger partial charge in [-0.3, -0.25) is 9.59 Å². The Labute approximate surface area is 137 Å². The molecule has 0 aromatic heterocycles. The molecule has 0 aliphatic heterocycles. The number of benzene rings is 2. The molecule has 0 saturated heterocycles. The van der Waals surface area contributed by atoms with Crippen molar-refractivity contribution >= 4 is 29.6 Å². The van der Waals surface area contributed by atoms with E-state index < -0.39 is 5.91 Å². The first-order valence-corrected chi connectivity index (χ1v) is 7.02. The van der Waals surface area contributed by atoms with Gasteiger partial charge < -0.3 is 10.5 Å². The fourth-order valence-electron chi connectivity index (χ4n) is 1.67. The van der Waals surface area contributed by atoms with Gasteiger partial charge in [-0.1, -0.05) is 23.7 Å². The number of amides is 2. The fraction of sp³-hybridized carbons (Fsp3) is 0.0625. The van der Waals surface area contributed by atoms with Gasteiger partial charge in [0.05, 0.1) is 6.21 Å². The number of nitrogens with one attached hydrogen (secondary N) is 1. The van der Waals surface area contributed by atoms with Crippen LogP contribution in [0.2, 0.25) is 5.02 Å². The van der Waals surface area contributed by atoms with Crippen molar-refractivity contribution < 1.29 is 14.3 Å². The second-order valence-electron chi connectivity index (χ2n) is 4.53. The SMILES string of the molecule is NC(=O)COc1cccc(/C=N/NC(=O)c2ccc(Cl)cc2)c1. The third-order valence-corrected chi connectivity index (χ3v) is 2.98. The zero-order valence-corrected chi connectivity index (χ0v) is 12.8. The van der Waals surface area contributed by atoms with E-state index in [1.54, 1.807) is 48.5 Å². The maximum absolute atomic E-state index is 11.8. The van der Waals surface area contributed by atoms with E-state index in [4.69, 9.17) is 22.1 Å². The van der Waals surface area contributed by atoms with Crippen LogP contribution in [0.4, 0.5) is 0 Å². The summed E-state index contributed by atoms with van der Waals surface area (Å²) in [6.07, 6.45) is 1.46. The van der Waals surface area contributed by atoms with Crippen LogP contribution >= 0.6 is 11.6 Å². The van der Waals surface area contributed by atoms with Gasteiger partial charge in [-0.25, -0.2) is 5.43 Å². The summed E-state index contributed by atoms with van der Waals surface area (Å²) in [6, 6.07) is 13.3. The molecular formula is C16H14ClN3O3. The minimum atomic E-state index is -0.556. The molecule has 0 aliphatic rings. The summed E-state index contributed by atoms with van der Waals surface area (Å²) >= 11 is 5.76. The quantitative estimate of drug-likeness (QED) is 0.626. The Hall–Kier alpha value is -2.86. The fourth-order valence-corrected chi connectivity index (χ4v) is 1.80. The van der Waals surface area contributed by atoms with Crippen molar-refractivity contribution in [1.29, 1.82) is 0 Å². The molecule has 0 unspecified atom stereocenters. The average molecular weight is 332 g/mol. The second kappa shape index (κ2) is 7.95. The van der Waals surface area contributed by atoms with Crippen LogP contribution < -0.4 is 15.9 Å². The Kier molecular flexibility index (Phi) is 5.71. The smallest absolute Gasteiger partial charge is 0.271 e. The van der Waals surface area contributed by atoms with E-state index in [-0.39, 0.29) is 12.5 Å². The maximum Gasteiger partial charge on any atom is 0.271 e. The van der Waals surface area contributed by atoms with Gasteiger partial charge in [-0.05, 0) is 42.0 Å². The molecular weight excluding hydrogens is 318 g/mol. The number of rotatable bonds is 6. The molecule has 2 amide bonds. The van der Waals surface area contributed by atoms with Gasteiger partial charge in [-0.15, -0.1) is 0 Å². The first-order chi connectivity index (χ1) is 11.0. The average Bonchev–Trinajstić information content (AvgIpc) is 2.54. The number of nitrogens with two attached hydrogens (primary N) is 1. The summed E-state index contributed by atoms with van der Waals surface area (Å²) < 4.78 is 5.18. The lowest BCUT2D eigenvalue weighted by molar-refractivity contribution is -0.119. The summed E-state index contributed by atoms with van der Waals surface area (Å²) in [5.74, 6) is -0.421. The van der Waals surface area contributed by atoms with Crippen molar-refractivity contribution in [2.75, 3.05) is 6.61 Å². The van der Waals surface area contributed by atoms with E-state index >= 15 is 0 Å². The highest BCUT2D eigenvalue weighted by Crippen LogP contribution is 2.12. The summed E-state index contributed by atoms with van der Waals surface area (Å²) in [5.41, 5.74) is 8.57. The van der Waals surface area contributed by atoms with Gasteiger partial charge in [0, 0.05) is 10.6 Å². The van der Waals surface area contributed by atoms with Crippen molar-refractivity contribution in [1.82, 2.24) is 5.43 Å². The summed E-state index contributed by atoms with van der Waals surface area (Å²) in [7, 11) is 0. The predicted octanol–water partition coefficient (Wildman–Crippen LogP) is 1.97. The molecule has 0 heterocycles. The molecule has 2 aromatic carbocycles. The Balaban J connectivity index is 1.94. The van der Waals surface area contributed by atoms with Crippen LogP contribution in [-0.2, 0) is 4.79 Å². The lowest BCUT2D eigenvalue weighted by Gasteiger charge is -2.04. The molecule has 6 nitrogen and oxygen atoms in total. The van der Waals surface area contributed by atoms with Crippen LogP contribution in [0.15, 0.2) is 53.6 Å². The van der Waals surface area contributed by atoms with Gasteiger partial charge in [0.1, 0.15) is 5.75 Å². The first-order valence-electron chi connectivity index (χ1n) is 6.65. The Morgan fingerprint density at radius 2 is 1.96 bits per heavy atom. The molecule has 3 N–H and O–H groups in total. The molecule has 2 aromatic rings. The number of ether oxygens (including phenoxy) is 1. The van der Waals surface area contributed by atoms with E-state index in [0.29, 0.717) is 21.9 Å². The summed E-state index contributed by atoms with van der Waals surface area (Å²) in [4.78, 5) is 22.5. The van der Waals surface area contributed by atoms with Crippen LogP contribution in [0, 0.1) is 0 Å². The van der Waals surface area contributed by atoms with Gasteiger partial charge in [0.2, 0.25) is 0 Å². The highest BCUT2D eigenvalue weighted by molar-refractivity contribution is 6.30. The molecule has 0 aliphatic carbocycles. The summed E-state index contributed by atoms with van der Waals surface area (Å²) in [5, 5.41) is 4.43. The van der Waals surface area contributed by atoms with Crippen LogP contribution in [0.1, 0.15) is 15.9 Å². The first kappa shape index (κ1) is 16.5. The highest BCUT2D eigenvalue weighted by Gasteiger charge is 2.03. The topological polar surface area (TPSA) is 93.8 Å². The Morgan fingerprint density at radius 3 is 2.65 bits per heavy atom. The number of hydrazone groups is 1. The number of hydrogen-bond acceptors (Lipinski definition) is 4. The minimum Gasteiger partial charge on any atom is -0.484 e. The van der Waals surface area contributed by atoms with Gasteiger partial charge >= 0.3 is 0 Å². The van der Waals surface area contributed by atoms with E-state index in [1.807, 2.05) is 0 Å². The molecule has 0 atom stereocenters. The third kappa shape index (κ3) is 5.44. The van der Waals surface area contributed by atoms with Crippen LogP contribution in [0.5, 0.6) is 5.75 Å². The number of carbonyl (C=O) groups is 2. The van der Waals surface area contributed by atoms with E-state index in [2.05, 4.69) is 10.5 Å². The molecule has 7 heteroatoms. The highest BCUT2D eigenvalue weighted by atomic mass is 35.5. The number of carbonyl (C=O) groups excluding carboxylic acids is 2. The van der Waals surface area contributed by atoms with Gasteiger partial charge in [0.25, 0.3) is 11.8 Å². The van der Waals surface area contributed by atoms with Crippen molar-refractivity contribution in [2.45, 2.75) is 0 Å². The second-order valence-corrected chi connectivity index (χ2v) is 4.97. The zero-order valence-electron chi connectivity index (χ0n) is 12.0. The maximum atomic E-state index is 11.8. The molecule has 0 radical (unpaired) electrons. The largest absolute Gasteiger partial charge is 0.484 e. The van der Waals surface area contributed by atoms with Crippen LogP contribution in [0.3, 0.4) is 0 Å². The number of halogens is 1. The number of primary amides is 1. The zero-order chi connectivity index (χ0) is 16.7. The van der Waals surface area contributed by atoms with Crippen molar-refractivity contribution in [3.63, 3.8) is 0 Å². The molecule has 23 heavy (non-hydrogen) atoms. The molecule has 2 rings (SSSR count). The van der Waals surface area contributed by atoms with Gasteiger partial charge in [-0.2, -0.15) is 5.10 Å². The monoisotopic (exact) mass is 331 g/mol. The number of hydrogen-bond donors (Lipinski definition) is 2. The molecule has 0 fully saturated rings. The van der Waals surface area contributed by atoms with Crippen LogP contribution in [0.25, 0.3) is 0 Å². The lowest BCUT2D eigenvalue weighted by Crippen LogP contribution is -2.20. The van der Waals surface area contributed by atoms with Crippen LogP contribution in [-0.4, -0.2) is 24.6 Å². The normalized spacial score (nSPS) is 10.5. The van der Waals surface area contributed by atoms with Crippen molar-refractivity contribution in [3.8, 4) is 5.75 Å². The number of nitrogens with zero attached hydrogens (tertiary/aromatic N) is 1. The molecule has 0 bridgehead atoms. The van der Waals surface area contributed by atoms with Crippen molar-refractivity contribution in [3.05, 3.63) is 64.7 Å². The Morgan fingerprint density at radius 1 is 1.22 bits per heavy atom. The van der Waals surface area contributed by atoms with Crippen molar-refractivity contribution in [2.24, 2.45) is 10.8 Å². The summed E-state index contributed by atoms with van der Waals surface area (Å²) in [6.45, 7) is -0.200. The van der Waals surface area contributed by atoms with E-state index in [0.717, 1.165) is 0 Å². The van der Waals surface area contributed by atoms with Gasteiger partial charge in [0.15, 0.2) is 6.61 Å². The van der Waals surface area contributed by atoms with E-state index in [9.17, 15) is 9.59 Å². The predicted molar refractivity (Wildman–Crippen MR) is 87.6 cm³/mol. The Bertz CT molecular complexity index is 730. The lowest BCUT2D eigenvalue weighted by atomic mass is 10.2. The van der Waals surface area contributed by atoms with E-state index in [1.165, 1.54) is 6.21 Å². The molecule has 118 valence electrons. The standard InChI is InChI=1S/C16H14ClN3O3/c17-13-6-4-12(5-7-13)16(22)20-19-9-11-2-1-3-14(8-11)23-10-15(18)21/h1-9H,10H2,(H2,18,21)(H,20,22)/b19-9+. The third-order valence-electron chi connectivity index (χ3n) is 2.73. The minimum absolute atomic E-state index is 0.200.